The molecule has 0 aliphatic rings. The van der Waals surface area contributed by atoms with Crippen LogP contribution in [0.4, 0.5) is 0 Å². The van der Waals surface area contributed by atoms with Gasteiger partial charge < -0.3 is 5.11 Å². The maximum atomic E-state index is 12.2. The second-order valence-corrected chi connectivity index (χ2v) is 22.0. The van der Waals surface area contributed by atoms with Gasteiger partial charge in [0.05, 0.1) is 0 Å². The quantitative estimate of drug-likeness (QED) is 0.0426. The van der Waals surface area contributed by atoms with Gasteiger partial charge in [0.15, 0.2) is 0 Å². The molecule has 0 aliphatic heterocycles. The molecule has 0 heterocycles. The zero-order valence-electron chi connectivity index (χ0n) is 32.7. The Morgan fingerprint density at radius 2 is 0.583 bits per heavy atom. The monoisotopic (exact) mass is 732 g/mol. The Morgan fingerprint density at radius 3 is 0.792 bits per heavy atom. The molecular formula is C38H83O9Ti. The molecule has 0 radical (unpaired) electrons. The minimum atomic E-state index is -8.12. The molecule has 0 saturated carbocycles. The van der Waals surface area contributed by atoms with Crippen molar-refractivity contribution in [1.82, 2.24) is 0 Å². The van der Waals surface area contributed by atoms with Gasteiger partial charge in [-0.25, -0.2) is 0 Å². The summed E-state index contributed by atoms with van der Waals surface area (Å²) in [5.74, 6) is -0.653. The van der Waals surface area contributed by atoms with Crippen LogP contribution in [-0.2, 0) is 36.8 Å². The molecule has 0 fully saturated rings. The fraction of sp³-hybridized carbons (Fsp3) is 0.974. The molecule has 10 heteroatoms. The standard InChI is InChI=1S/C18H36O2.5C4H9O.2H2O.Ti/c1-2-3-4-5-6-7-8-9-10-11-12-13-14-15-16-17-18(19)20;5*1-2-3-4-5;;;/h2-17H2,1H3,(H,19,20);5*2-4H2,1H3;2*1H2;/q;5*-1;;;+7/p-2. The normalized spacial score (nSPS) is 14.0. The van der Waals surface area contributed by atoms with E-state index in [1.165, 1.54) is 83.5 Å². The Balaban J connectivity index is 0. The fourth-order valence-electron chi connectivity index (χ4n) is 5.44. The SMILES string of the molecule is CCCCCCCCCCCCCCCCCC(=O)O.CCCC[O][Ti]([OH])([OH])([O]CCCC)([O]CCCC)([O]CCCC)[O]CCCC. The van der Waals surface area contributed by atoms with E-state index in [0.717, 1.165) is 44.9 Å². The number of carboxylic acids is 1. The number of rotatable bonds is 36. The summed E-state index contributed by atoms with van der Waals surface area (Å²) in [5, 5.41) is 8.52. The van der Waals surface area contributed by atoms with Crippen LogP contribution in [0.1, 0.15) is 208 Å². The molecule has 9 nitrogen and oxygen atoms in total. The Bertz CT molecular complexity index is 676. The van der Waals surface area contributed by atoms with Gasteiger partial charge in [-0.15, -0.1) is 0 Å². The van der Waals surface area contributed by atoms with E-state index in [1.54, 1.807) is 0 Å². The molecule has 0 saturated heterocycles. The van der Waals surface area contributed by atoms with Crippen molar-refractivity contribution in [2.24, 2.45) is 0 Å². The summed E-state index contributed by atoms with van der Waals surface area (Å²) in [6.45, 7) is 12.3. The van der Waals surface area contributed by atoms with Crippen molar-refractivity contribution < 1.29 is 49.3 Å². The van der Waals surface area contributed by atoms with Crippen LogP contribution in [0.3, 0.4) is 0 Å². The molecule has 0 rings (SSSR count). The van der Waals surface area contributed by atoms with E-state index < -0.39 is 21.4 Å². The first-order valence-electron chi connectivity index (χ1n) is 20.4. The number of carboxylic acid groups (broad SMARTS) is 1. The molecule has 0 aliphatic carbocycles. The molecule has 0 atom stereocenters. The number of aliphatic carboxylic acids is 1. The molecule has 0 aromatic rings. The molecule has 0 aromatic heterocycles. The Morgan fingerprint density at radius 1 is 0.375 bits per heavy atom. The Hall–Kier alpha value is -0.0957. The second kappa shape index (κ2) is 27.5. The molecule has 0 bridgehead atoms. The van der Waals surface area contributed by atoms with Crippen LogP contribution in [-0.4, -0.2) is 51.5 Å². The van der Waals surface area contributed by atoms with Crippen LogP contribution < -0.4 is 0 Å². The number of hydrogen-bond donors (Lipinski definition) is 3. The van der Waals surface area contributed by atoms with E-state index in [4.69, 9.17) is 21.7 Å². The van der Waals surface area contributed by atoms with Gasteiger partial charge >= 0.3 is 177 Å². The number of unbranched alkanes of at least 4 members (excludes halogenated alkanes) is 19. The van der Waals surface area contributed by atoms with Crippen LogP contribution in [0, 0.1) is 0 Å². The molecule has 0 aromatic carbocycles. The number of carbonyl (C=O) groups is 1. The third-order valence-corrected chi connectivity index (χ3v) is 16.1. The molecular weight excluding hydrogens is 648 g/mol. The minimum absolute atomic E-state index is 0.00992. The molecule has 0 unspecified atom stereocenters. The average molecular weight is 732 g/mol. The van der Waals surface area contributed by atoms with E-state index in [1.807, 2.05) is 34.6 Å². The summed E-state index contributed by atoms with van der Waals surface area (Å²) in [4.78, 5) is 10.3. The van der Waals surface area contributed by atoms with Crippen LogP contribution in [0.15, 0.2) is 0 Å². The molecule has 293 valence electrons. The van der Waals surface area contributed by atoms with Crippen LogP contribution in [0.5, 0.6) is 0 Å². The summed E-state index contributed by atoms with van der Waals surface area (Å²) in [6.07, 6.45) is 27.2. The maximum absolute atomic E-state index is 12.2. The van der Waals surface area contributed by atoms with E-state index in [-0.39, 0.29) is 33.0 Å². The van der Waals surface area contributed by atoms with Crippen LogP contribution in [0.2, 0.25) is 0 Å². The predicted octanol–water partition coefficient (Wildman–Crippen LogP) is 11.6. The third-order valence-electron chi connectivity index (χ3n) is 8.82. The average Bonchev–Trinajstić information content (AvgIpc) is 3.04. The summed E-state index contributed by atoms with van der Waals surface area (Å²) in [7, 11) is 0. The molecule has 3 N–H and O–H groups in total. The Kier molecular flexibility index (Phi) is 28.7. The van der Waals surface area contributed by atoms with Crippen LogP contribution in [0.25, 0.3) is 0 Å². The molecule has 0 amide bonds. The third kappa shape index (κ3) is 24.2. The second-order valence-electron chi connectivity index (χ2n) is 13.9. The van der Waals surface area contributed by atoms with Gasteiger partial charge in [-0.2, -0.15) is 0 Å². The van der Waals surface area contributed by atoms with Gasteiger partial charge in [0.2, 0.25) is 0 Å². The van der Waals surface area contributed by atoms with Gasteiger partial charge in [-0.1, -0.05) is 96.8 Å². The number of hydrogen-bond acceptors (Lipinski definition) is 8. The van der Waals surface area contributed by atoms with E-state index >= 15 is 0 Å². The van der Waals surface area contributed by atoms with Crippen molar-refractivity contribution in [3.8, 4) is 0 Å². The summed E-state index contributed by atoms with van der Waals surface area (Å²) >= 11 is -8.12. The zero-order valence-corrected chi connectivity index (χ0v) is 34.3. The van der Waals surface area contributed by atoms with Crippen molar-refractivity contribution in [2.75, 3.05) is 33.0 Å². The van der Waals surface area contributed by atoms with Gasteiger partial charge in [0.25, 0.3) is 0 Å². The van der Waals surface area contributed by atoms with Gasteiger partial charge in [-0.05, 0) is 6.42 Å². The van der Waals surface area contributed by atoms with E-state index in [0.29, 0.717) is 38.5 Å². The van der Waals surface area contributed by atoms with Gasteiger partial charge in [0, 0.05) is 6.42 Å². The zero-order chi connectivity index (χ0) is 36.4. The van der Waals surface area contributed by atoms with E-state index in [2.05, 4.69) is 6.92 Å². The van der Waals surface area contributed by atoms with Crippen molar-refractivity contribution >= 4 is 5.97 Å². The molecule has 0 spiro atoms. The van der Waals surface area contributed by atoms with Crippen molar-refractivity contribution in [2.45, 2.75) is 208 Å². The van der Waals surface area contributed by atoms with Crippen molar-refractivity contribution in [3.05, 3.63) is 0 Å². The molecule has 48 heavy (non-hydrogen) atoms. The summed E-state index contributed by atoms with van der Waals surface area (Å²) in [5.41, 5.74) is 0. The van der Waals surface area contributed by atoms with Crippen molar-refractivity contribution in [3.63, 3.8) is 0 Å². The fourth-order valence-corrected chi connectivity index (χ4v) is 11.9. The van der Waals surface area contributed by atoms with Gasteiger partial charge in [0.1, 0.15) is 0 Å². The van der Waals surface area contributed by atoms with Gasteiger partial charge in [-0.3, -0.25) is 4.79 Å². The first-order chi connectivity index (χ1) is 22.9. The van der Waals surface area contributed by atoms with Crippen LogP contribution >= 0.6 is 0 Å². The Labute approximate surface area is 295 Å². The van der Waals surface area contributed by atoms with Crippen molar-refractivity contribution in [1.29, 1.82) is 0 Å². The topological polar surface area (TPSA) is 124 Å². The summed E-state index contributed by atoms with van der Waals surface area (Å²) in [6, 6.07) is 0. The van der Waals surface area contributed by atoms with E-state index in [9.17, 15) is 12.2 Å². The first-order valence-corrected chi connectivity index (χ1v) is 25.0. The summed E-state index contributed by atoms with van der Waals surface area (Å²) < 4.78 is 53.4. The predicted molar refractivity (Wildman–Crippen MR) is 196 cm³/mol. The first kappa shape index (κ1) is 50.0.